The Morgan fingerprint density at radius 3 is 2.50 bits per heavy atom. The molecule has 0 saturated carbocycles. The molecule has 2 aliphatic heterocycles. The van der Waals surface area contributed by atoms with Crippen molar-refractivity contribution in [1.82, 2.24) is 34.7 Å². The van der Waals surface area contributed by atoms with Crippen LogP contribution in [0, 0.1) is 13.8 Å². The van der Waals surface area contributed by atoms with Crippen LogP contribution < -0.4 is 10.2 Å². The Kier molecular flexibility index (Phi) is 5.18. The fraction of sp³-hybridized carbons (Fsp3) is 0.391. The SMILES string of the molecule is Cc1ccc(C2(C)NC(=O)N(CC(=O)N3CCN(c4cc(C)nc5ncnn45)CC3)C2=O)cc1. The summed E-state index contributed by atoms with van der Waals surface area (Å²) in [5.41, 5.74) is 1.39. The van der Waals surface area contributed by atoms with Crippen LogP contribution in [0.3, 0.4) is 0 Å². The summed E-state index contributed by atoms with van der Waals surface area (Å²) < 4.78 is 1.68. The molecule has 11 nitrogen and oxygen atoms in total. The number of anilines is 1. The lowest BCUT2D eigenvalue weighted by atomic mass is 9.91. The number of carbonyl (C=O) groups excluding carboxylic acids is 3. The molecule has 2 aliphatic rings. The van der Waals surface area contributed by atoms with Gasteiger partial charge in [0.15, 0.2) is 0 Å². The van der Waals surface area contributed by atoms with Crippen LogP contribution in [0.1, 0.15) is 23.7 Å². The Morgan fingerprint density at radius 1 is 1.09 bits per heavy atom. The summed E-state index contributed by atoms with van der Waals surface area (Å²) >= 11 is 0. The molecule has 1 atom stereocenters. The van der Waals surface area contributed by atoms with Crippen molar-refractivity contribution in [3.05, 3.63) is 53.5 Å². The van der Waals surface area contributed by atoms with E-state index < -0.39 is 17.5 Å². The van der Waals surface area contributed by atoms with Gasteiger partial charge in [0.2, 0.25) is 5.91 Å². The van der Waals surface area contributed by atoms with E-state index >= 15 is 0 Å². The van der Waals surface area contributed by atoms with Crippen LogP contribution in [0.2, 0.25) is 0 Å². The Labute approximate surface area is 196 Å². The molecule has 1 aromatic carbocycles. The van der Waals surface area contributed by atoms with E-state index in [-0.39, 0.29) is 12.5 Å². The van der Waals surface area contributed by atoms with Gasteiger partial charge in [0, 0.05) is 37.9 Å². The minimum Gasteiger partial charge on any atom is -0.353 e. The van der Waals surface area contributed by atoms with Crippen LogP contribution >= 0.6 is 0 Å². The Morgan fingerprint density at radius 2 is 1.79 bits per heavy atom. The van der Waals surface area contributed by atoms with Crippen molar-refractivity contribution < 1.29 is 14.4 Å². The maximum Gasteiger partial charge on any atom is 0.325 e. The first-order chi connectivity index (χ1) is 16.3. The molecule has 34 heavy (non-hydrogen) atoms. The molecule has 0 bridgehead atoms. The number of aryl methyl sites for hydroxylation is 2. The molecule has 5 rings (SSSR count). The maximum absolute atomic E-state index is 13.2. The maximum atomic E-state index is 13.2. The van der Waals surface area contributed by atoms with Gasteiger partial charge in [0.05, 0.1) is 0 Å². The highest BCUT2D eigenvalue weighted by Crippen LogP contribution is 2.29. The smallest absolute Gasteiger partial charge is 0.325 e. The summed E-state index contributed by atoms with van der Waals surface area (Å²) in [6.45, 7) is 7.36. The van der Waals surface area contributed by atoms with Gasteiger partial charge in [-0.2, -0.15) is 14.6 Å². The molecule has 4 amide bonds. The number of hydrogen-bond acceptors (Lipinski definition) is 7. The van der Waals surface area contributed by atoms with E-state index in [1.165, 1.54) is 6.33 Å². The van der Waals surface area contributed by atoms with E-state index in [0.717, 1.165) is 22.0 Å². The van der Waals surface area contributed by atoms with Crippen molar-refractivity contribution in [3.63, 3.8) is 0 Å². The number of aromatic nitrogens is 4. The molecule has 0 spiro atoms. The van der Waals surface area contributed by atoms with Crippen LogP contribution in [-0.2, 0) is 15.1 Å². The standard InChI is InChI=1S/C23H26N8O3/c1-15-4-6-17(7-5-15)23(3)20(33)30(22(34)27-23)13-19(32)29-10-8-28(9-11-29)18-12-16(2)26-21-24-14-25-31(18)21/h4-7,12,14H,8-11,13H2,1-3H3,(H,27,34). The highest BCUT2D eigenvalue weighted by molar-refractivity contribution is 6.09. The molecule has 11 heteroatoms. The number of benzene rings is 1. The summed E-state index contributed by atoms with van der Waals surface area (Å²) in [5.74, 6) is 0.723. The van der Waals surface area contributed by atoms with Gasteiger partial charge in [-0.3, -0.25) is 14.5 Å². The van der Waals surface area contributed by atoms with Crippen molar-refractivity contribution in [1.29, 1.82) is 0 Å². The molecule has 0 aliphatic carbocycles. The number of fused-ring (bicyclic) bond motifs is 1. The summed E-state index contributed by atoms with van der Waals surface area (Å²) in [6, 6.07) is 8.82. The molecule has 2 saturated heterocycles. The number of imide groups is 1. The first-order valence-electron chi connectivity index (χ1n) is 11.2. The van der Waals surface area contributed by atoms with Crippen molar-refractivity contribution in [2.75, 3.05) is 37.6 Å². The number of urea groups is 1. The van der Waals surface area contributed by atoms with E-state index in [1.807, 2.05) is 44.2 Å². The predicted octanol–water partition coefficient (Wildman–Crippen LogP) is 0.857. The second kappa shape index (κ2) is 8.08. The van der Waals surface area contributed by atoms with Gasteiger partial charge in [-0.25, -0.2) is 9.78 Å². The summed E-state index contributed by atoms with van der Waals surface area (Å²) in [4.78, 5) is 52.1. The number of nitrogens with zero attached hydrogens (tertiary/aromatic N) is 7. The zero-order valence-corrected chi connectivity index (χ0v) is 19.4. The van der Waals surface area contributed by atoms with E-state index in [0.29, 0.717) is 37.5 Å². The van der Waals surface area contributed by atoms with Crippen LogP contribution in [0.25, 0.3) is 5.78 Å². The van der Waals surface area contributed by atoms with Crippen molar-refractivity contribution in [2.24, 2.45) is 0 Å². The molecular weight excluding hydrogens is 436 g/mol. The van der Waals surface area contributed by atoms with E-state index in [9.17, 15) is 14.4 Å². The van der Waals surface area contributed by atoms with Gasteiger partial charge in [0.1, 0.15) is 24.2 Å². The fourth-order valence-corrected chi connectivity index (χ4v) is 4.48. The first kappa shape index (κ1) is 21.8. The first-order valence-corrected chi connectivity index (χ1v) is 11.2. The fourth-order valence-electron chi connectivity index (χ4n) is 4.48. The minimum atomic E-state index is -1.19. The molecule has 1 unspecified atom stereocenters. The van der Waals surface area contributed by atoms with Gasteiger partial charge >= 0.3 is 6.03 Å². The second-order valence-electron chi connectivity index (χ2n) is 8.91. The van der Waals surface area contributed by atoms with Gasteiger partial charge in [-0.1, -0.05) is 29.8 Å². The molecular formula is C23H26N8O3. The minimum absolute atomic E-state index is 0.256. The van der Waals surface area contributed by atoms with Crippen LogP contribution in [-0.4, -0.2) is 80.0 Å². The Balaban J connectivity index is 1.25. The molecule has 2 aromatic heterocycles. The topological polar surface area (TPSA) is 116 Å². The average molecular weight is 463 g/mol. The molecule has 0 radical (unpaired) electrons. The van der Waals surface area contributed by atoms with Gasteiger partial charge in [-0.05, 0) is 26.3 Å². The zero-order chi connectivity index (χ0) is 24.0. The van der Waals surface area contributed by atoms with Gasteiger partial charge < -0.3 is 15.1 Å². The highest BCUT2D eigenvalue weighted by Gasteiger charge is 2.49. The Hall–Kier alpha value is -4.02. The van der Waals surface area contributed by atoms with Crippen molar-refractivity contribution in [2.45, 2.75) is 26.3 Å². The number of amides is 4. The lowest BCUT2D eigenvalue weighted by Gasteiger charge is -2.36. The third kappa shape index (κ3) is 3.62. The number of hydrogen-bond donors (Lipinski definition) is 1. The van der Waals surface area contributed by atoms with E-state index in [4.69, 9.17) is 0 Å². The molecule has 176 valence electrons. The normalized spacial score (nSPS) is 20.9. The molecule has 1 N–H and O–H groups in total. The lowest BCUT2D eigenvalue weighted by molar-refractivity contribution is -0.139. The lowest BCUT2D eigenvalue weighted by Crippen LogP contribution is -2.52. The van der Waals surface area contributed by atoms with Crippen LogP contribution in [0.15, 0.2) is 36.7 Å². The number of rotatable bonds is 4. The summed E-state index contributed by atoms with van der Waals surface area (Å²) in [6.07, 6.45) is 1.47. The van der Waals surface area contributed by atoms with Crippen molar-refractivity contribution >= 4 is 29.4 Å². The third-order valence-electron chi connectivity index (χ3n) is 6.51. The Bertz CT molecular complexity index is 1280. The summed E-state index contributed by atoms with van der Waals surface area (Å²) in [7, 11) is 0. The van der Waals surface area contributed by atoms with Crippen LogP contribution in [0.5, 0.6) is 0 Å². The molecule has 4 heterocycles. The number of piperazine rings is 1. The van der Waals surface area contributed by atoms with Crippen molar-refractivity contribution in [3.8, 4) is 0 Å². The second-order valence-corrected chi connectivity index (χ2v) is 8.91. The van der Waals surface area contributed by atoms with Crippen LogP contribution in [0.4, 0.5) is 10.6 Å². The quantitative estimate of drug-likeness (QED) is 0.572. The average Bonchev–Trinajstić information content (AvgIpc) is 3.37. The molecule has 3 aromatic rings. The number of carbonyl (C=O) groups is 3. The zero-order valence-electron chi connectivity index (χ0n) is 19.4. The van der Waals surface area contributed by atoms with Gasteiger partial charge in [-0.15, -0.1) is 0 Å². The predicted molar refractivity (Wildman–Crippen MR) is 123 cm³/mol. The van der Waals surface area contributed by atoms with E-state index in [1.54, 1.807) is 16.3 Å². The largest absolute Gasteiger partial charge is 0.353 e. The monoisotopic (exact) mass is 462 g/mol. The third-order valence-corrected chi connectivity index (χ3v) is 6.51. The number of nitrogens with one attached hydrogen (secondary N) is 1. The summed E-state index contributed by atoms with van der Waals surface area (Å²) in [5, 5.41) is 7.01. The van der Waals surface area contributed by atoms with E-state index in [2.05, 4.69) is 25.3 Å². The van der Waals surface area contributed by atoms with Gasteiger partial charge in [0.25, 0.3) is 11.7 Å². The molecule has 2 fully saturated rings. The highest BCUT2D eigenvalue weighted by atomic mass is 16.2.